The molecule has 0 aliphatic heterocycles. The van der Waals surface area contributed by atoms with E-state index in [1.807, 2.05) is 13.8 Å². The molecule has 0 spiro atoms. The number of esters is 1. The van der Waals surface area contributed by atoms with Gasteiger partial charge in [0.25, 0.3) is 5.91 Å². The number of nitriles is 1. The van der Waals surface area contributed by atoms with E-state index in [1.54, 1.807) is 30.3 Å². The largest absolute Gasteiger partial charge is 0.465 e. The van der Waals surface area contributed by atoms with Gasteiger partial charge < -0.3 is 15.4 Å². The van der Waals surface area contributed by atoms with Crippen molar-refractivity contribution in [1.82, 2.24) is 5.32 Å². The highest BCUT2D eigenvalue weighted by Crippen LogP contribution is 2.16. The van der Waals surface area contributed by atoms with Crippen molar-refractivity contribution in [2.24, 2.45) is 0 Å². The highest BCUT2D eigenvalue weighted by atomic mass is 16.5. The number of hydrogen-bond donors (Lipinski definition) is 2. The molecule has 6 heteroatoms. The van der Waals surface area contributed by atoms with Gasteiger partial charge >= 0.3 is 5.97 Å². The molecule has 22 heavy (non-hydrogen) atoms. The molecule has 0 saturated carbocycles. The number of carbonyl (C=O) groups excluding carboxylic acids is 2. The van der Waals surface area contributed by atoms with E-state index in [4.69, 9.17) is 5.26 Å². The lowest BCUT2D eigenvalue weighted by Gasteiger charge is -2.14. The molecule has 0 aliphatic carbocycles. The summed E-state index contributed by atoms with van der Waals surface area (Å²) in [5.41, 5.74) is 0.751. The van der Waals surface area contributed by atoms with E-state index in [-0.39, 0.29) is 17.5 Å². The van der Waals surface area contributed by atoms with E-state index in [9.17, 15) is 9.59 Å². The predicted octanol–water partition coefficient (Wildman–Crippen LogP) is 2.21. The van der Waals surface area contributed by atoms with Crippen molar-refractivity contribution in [3.63, 3.8) is 0 Å². The summed E-state index contributed by atoms with van der Waals surface area (Å²) in [5.74, 6) is -0.959. The van der Waals surface area contributed by atoms with Gasteiger partial charge in [0.15, 0.2) is 5.57 Å². The van der Waals surface area contributed by atoms with Crippen molar-refractivity contribution in [2.75, 3.05) is 12.4 Å². The van der Waals surface area contributed by atoms with Crippen LogP contribution in [0, 0.1) is 11.3 Å². The van der Waals surface area contributed by atoms with Crippen molar-refractivity contribution in [3.8, 4) is 6.07 Å². The second-order valence-corrected chi connectivity index (χ2v) is 4.63. The molecule has 0 saturated heterocycles. The van der Waals surface area contributed by atoms with Crippen LogP contribution < -0.4 is 10.6 Å². The fourth-order valence-electron chi connectivity index (χ4n) is 1.61. The maximum Gasteiger partial charge on any atom is 0.350 e. The first kappa shape index (κ1) is 17.2. The van der Waals surface area contributed by atoms with Crippen LogP contribution in [0.2, 0.25) is 0 Å². The van der Waals surface area contributed by atoms with Gasteiger partial charge in [-0.05, 0) is 25.5 Å². The molecular formula is C16H19N3O3. The molecule has 1 atom stereocenters. The minimum Gasteiger partial charge on any atom is -0.465 e. The number of nitrogens with zero attached hydrogens (tertiary/aromatic N) is 1. The van der Waals surface area contributed by atoms with Crippen LogP contribution in [-0.2, 0) is 9.53 Å². The Hall–Kier alpha value is -2.81. The maximum atomic E-state index is 12.2. The van der Waals surface area contributed by atoms with Gasteiger partial charge in [-0.3, -0.25) is 4.79 Å². The number of carbonyl (C=O) groups is 2. The molecule has 1 aromatic rings. The Morgan fingerprint density at radius 3 is 2.68 bits per heavy atom. The summed E-state index contributed by atoms with van der Waals surface area (Å²) in [4.78, 5) is 23.5. The Morgan fingerprint density at radius 1 is 1.41 bits per heavy atom. The zero-order valence-electron chi connectivity index (χ0n) is 12.8. The molecular weight excluding hydrogens is 282 g/mol. The van der Waals surface area contributed by atoms with Crippen molar-refractivity contribution in [3.05, 3.63) is 41.6 Å². The number of benzene rings is 1. The van der Waals surface area contributed by atoms with Crippen LogP contribution in [0.1, 0.15) is 30.6 Å². The molecule has 1 unspecified atom stereocenters. The SMILES string of the molecule is CCC(C)NC(=O)c1ccccc1N/C=C(/C#N)C(=O)OC. The van der Waals surface area contributed by atoms with Crippen LogP contribution in [0.3, 0.4) is 0 Å². The first-order chi connectivity index (χ1) is 10.5. The zero-order chi connectivity index (χ0) is 16.5. The minimum atomic E-state index is -0.739. The van der Waals surface area contributed by atoms with Crippen molar-refractivity contribution < 1.29 is 14.3 Å². The third-order valence-corrected chi connectivity index (χ3v) is 3.06. The lowest BCUT2D eigenvalue weighted by molar-refractivity contribution is -0.135. The van der Waals surface area contributed by atoms with E-state index in [0.717, 1.165) is 6.42 Å². The van der Waals surface area contributed by atoms with Gasteiger partial charge in [0.1, 0.15) is 6.07 Å². The highest BCUT2D eigenvalue weighted by molar-refractivity contribution is 6.00. The predicted molar refractivity (Wildman–Crippen MR) is 83.0 cm³/mol. The number of amides is 1. The third-order valence-electron chi connectivity index (χ3n) is 3.06. The summed E-state index contributed by atoms with van der Waals surface area (Å²) in [7, 11) is 1.20. The fourth-order valence-corrected chi connectivity index (χ4v) is 1.61. The van der Waals surface area contributed by atoms with Crippen LogP contribution in [0.15, 0.2) is 36.0 Å². The Balaban J connectivity index is 2.98. The van der Waals surface area contributed by atoms with Crippen molar-refractivity contribution in [1.29, 1.82) is 5.26 Å². The Kier molecular flexibility index (Phi) is 6.64. The van der Waals surface area contributed by atoms with Gasteiger partial charge in [-0.15, -0.1) is 0 Å². The molecule has 0 aromatic heterocycles. The van der Waals surface area contributed by atoms with Crippen LogP contribution in [0.5, 0.6) is 0 Å². The molecule has 0 radical (unpaired) electrons. The summed E-state index contributed by atoms with van der Waals surface area (Å²) in [6, 6.07) is 8.64. The molecule has 1 amide bonds. The van der Waals surface area contributed by atoms with Gasteiger partial charge in [0.05, 0.1) is 18.4 Å². The Labute approximate surface area is 129 Å². The monoisotopic (exact) mass is 301 g/mol. The van der Waals surface area contributed by atoms with Gasteiger partial charge in [0, 0.05) is 12.2 Å². The van der Waals surface area contributed by atoms with Crippen molar-refractivity contribution >= 4 is 17.6 Å². The summed E-state index contributed by atoms with van der Waals surface area (Å²) in [6.07, 6.45) is 2.04. The standard InChI is InChI=1S/C16H19N3O3/c1-4-11(2)19-15(20)13-7-5-6-8-14(13)18-10-12(9-17)16(21)22-3/h5-8,10-11,18H,4H2,1-3H3,(H,19,20)/b12-10-. The molecule has 1 aromatic carbocycles. The molecule has 0 aliphatic rings. The molecule has 1 rings (SSSR count). The van der Waals surface area contributed by atoms with Crippen LogP contribution in [0.25, 0.3) is 0 Å². The summed E-state index contributed by atoms with van der Waals surface area (Å²) < 4.78 is 4.49. The maximum absolute atomic E-state index is 12.2. The summed E-state index contributed by atoms with van der Waals surface area (Å²) in [5, 5.41) is 14.6. The number of rotatable bonds is 6. The number of para-hydroxylation sites is 1. The lowest BCUT2D eigenvalue weighted by atomic mass is 10.1. The smallest absolute Gasteiger partial charge is 0.350 e. The molecule has 0 fully saturated rings. The van der Waals surface area contributed by atoms with Gasteiger partial charge in [-0.2, -0.15) is 5.26 Å². The van der Waals surface area contributed by atoms with E-state index in [1.165, 1.54) is 13.3 Å². The second kappa shape index (κ2) is 8.47. The van der Waals surface area contributed by atoms with Gasteiger partial charge in [-0.1, -0.05) is 19.1 Å². The van der Waals surface area contributed by atoms with Crippen LogP contribution >= 0.6 is 0 Å². The van der Waals surface area contributed by atoms with Crippen LogP contribution in [-0.4, -0.2) is 25.0 Å². The zero-order valence-corrected chi connectivity index (χ0v) is 12.8. The second-order valence-electron chi connectivity index (χ2n) is 4.63. The number of ether oxygens (including phenoxy) is 1. The highest BCUT2D eigenvalue weighted by Gasteiger charge is 2.13. The number of hydrogen-bond acceptors (Lipinski definition) is 5. The fraction of sp³-hybridized carbons (Fsp3) is 0.312. The number of methoxy groups -OCH3 is 1. The molecule has 2 N–H and O–H groups in total. The van der Waals surface area contributed by atoms with E-state index >= 15 is 0 Å². The average molecular weight is 301 g/mol. The summed E-state index contributed by atoms with van der Waals surface area (Å²) >= 11 is 0. The average Bonchev–Trinajstić information content (AvgIpc) is 2.55. The Morgan fingerprint density at radius 2 is 2.09 bits per heavy atom. The minimum absolute atomic E-state index is 0.0563. The molecule has 0 bridgehead atoms. The first-order valence-corrected chi connectivity index (χ1v) is 6.88. The first-order valence-electron chi connectivity index (χ1n) is 6.88. The molecule has 6 nitrogen and oxygen atoms in total. The molecule has 116 valence electrons. The van der Waals surface area contributed by atoms with Crippen LogP contribution in [0.4, 0.5) is 5.69 Å². The third kappa shape index (κ3) is 4.63. The number of anilines is 1. The van der Waals surface area contributed by atoms with Gasteiger partial charge in [0.2, 0.25) is 0 Å². The normalized spacial score (nSPS) is 12.0. The Bertz CT molecular complexity index is 617. The topological polar surface area (TPSA) is 91.2 Å². The van der Waals surface area contributed by atoms with Crippen molar-refractivity contribution in [2.45, 2.75) is 26.3 Å². The molecule has 0 heterocycles. The van der Waals surface area contributed by atoms with Gasteiger partial charge in [-0.25, -0.2) is 4.79 Å². The van der Waals surface area contributed by atoms with E-state index in [0.29, 0.717) is 11.3 Å². The van der Waals surface area contributed by atoms with E-state index < -0.39 is 5.97 Å². The quantitative estimate of drug-likeness (QED) is 0.477. The lowest BCUT2D eigenvalue weighted by Crippen LogP contribution is -2.32. The van der Waals surface area contributed by atoms with E-state index in [2.05, 4.69) is 15.4 Å². The number of nitrogens with one attached hydrogen (secondary N) is 2. The summed E-state index contributed by atoms with van der Waals surface area (Å²) in [6.45, 7) is 3.90.